The van der Waals surface area contributed by atoms with Gasteiger partial charge in [-0.15, -0.1) is 0 Å². The molecule has 0 bridgehead atoms. The number of nitrogens with zero attached hydrogens (tertiary/aromatic N) is 2. The van der Waals surface area contributed by atoms with E-state index in [9.17, 15) is 4.79 Å². The predicted octanol–water partition coefficient (Wildman–Crippen LogP) is 2.37. The van der Waals surface area contributed by atoms with Crippen LogP contribution in [0, 0.1) is 23.7 Å². The van der Waals surface area contributed by atoms with E-state index in [0.717, 1.165) is 17.9 Å². The van der Waals surface area contributed by atoms with Gasteiger partial charge < -0.3 is 10.6 Å². The zero-order valence-electron chi connectivity index (χ0n) is 13.0. The second kappa shape index (κ2) is 5.72. The molecule has 0 spiro atoms. The Hall–Kier alpha value is -2.09. The highest BCUT2D eigenvalue weighted by Gasteiger charge is 2.36. The zero-order chi connectivity index (χ0) is 15.6. The summed E-state index contributed by atoms with van der Waals surface area (Å²) in [5.41, 5.74) is 1.27. The molecule has 0 aliphatic carbocycles. The third kappa shape index (κ3) is 3.52. The minimum atomic E-state index is -0.0324. The highest BCUT2D eigenvalue weighted by atomic mass is 16.1. The molecule has 1 aliphatic rings. The average Bonchev–Trinajstić information content (AvgIpc) is 2.40. The van der Waals surface area contributed by atoms with Crippen molar-refractivity contribution in [3.8, 4) is 6.07 Å². The lowest BCUT2D eigenvalue weighted by molar-refractivity contribution is -0.124. The maximum Gasteiger partial charge on any atom is 0.220 e. The second-order valence-corrected chi connectivity index (χ2v) is 6.64. The molecule has 2 rings (SSSR count). The molecule has 1 fully saturated rings. The number of aromatic nitrogens is 1. The van der Waals surface area contributed by atoms with E-state index in [0.29, 0.717) is 12.0 Å². The van der Waals surface area contributed by atoms with Crippen molar-refractivity contribution >= 4 is 11.7 Å². The number of nitriles is 1. The SMILES string of the molecule is Cc1nc(N[C@@H]2CCC(=O)N[C@H]2C(C)(C)C)ccc1C#N. The molecule has 1 aromatic rings. The molecule has 1 saturated heterocycles. The van der Waals surface area contributed by atoms with Crippen molar-refractivity contribution in [3.63, 3.8) is 0 Å². The number of hydrogen-bond donors (Lipinski definition) is 2. The van der Waals surface area contributed by atoms with E-state index in [1.54, 1.807) is 6.07 Å². The van der Waals surface area contributed by atoms with Gasteiger partial charge in [-0.2, -0.15) is 5.26 Å². The van der Waals surface area contributed by atoms with Crippen molar-refractivity contribution in [1.29, 1.82) is 5.26 Å². The highest BCUT2D eigenvalue weighted by Crippen LogP contribution is 2.28. The van der Waals surface area contributed by atoms with Gasteiger partial charge in [0.1, 0.15) is 11.9 Å². The molecule has 0 saturated carbocycles. The molecular weight excluding hydrogens is 264 g/mol. The molecule has 5 nitrogen and oxygen atoms in total. The smallest absolute Gasteiger partial charge is 0.220 e. The number of nitrogens with one attached hydrogen (secondary N) is 2. The molecule has 0 unspecified atom stereocenters. The zero-order valence-corrected chi connectivity index (χ0v) is 13.0. The Morgan fingerprint density at radius 3 is 2.71 bits per heavy atom. The van der Waals surface area contributed by atoms with E-state index in [2.05, 4.69) is 42.5 Å². The fourth-order valence-electron chi connectivity index (χ4n) is 2.72. The van der Waals surface area contributed by atoms with Crippen LogP contribution in [0.5, 0.6) is 0 Å². The van der Waals surface area contributed by atoms with Gasteiger partial charge in [-0.05, 0) is 30.9 Å². The molecule has 1 aliphatic heterocycles. The normalized spacial score (nSPS) is 22.3. The van der Waals surface area contributed by atoms with E-state index >= 15 is 0 Å². The highest BCUT2D eigenvalue weighted by molar-refractivity contribution is 5.77. The summed E-state index contributed by atoms with van der Waals surface area (Å²) < 4.78 is 0. The summed E-state index contributed by atoms with van der Waals surface area (Å²) in [6, 6.07) is 5.91. The topological polar surface area (TPSA) is 77.8 Å². The van der Waals surface area contributed by atoms with Gasteiger partial charge in [-0.1, -0.05) is 20.8 Å². The van der Waals surface area contributed by atoms with E-state index < -0.39 is 0 Å². The Bertz CT molecular complexity index is 583. The monoisotopic (exact) mass is 286 g/mol. The lowest BCUT2D eigenvalue weighted by Crippen LogP contribution is -2.57. The lowest BCUT2D eigenvalue weighted by Gasteiger charge is -2.41. The molecule has 5 heteroatoms. The quantitative estimate of drug-likeness (QED) is 0.875. The standard InChI is InChI=1S/C16H22N4O/c1-10-11(9-17)5-7-13(18-10)19-12-6-8-14(21)20-15(12)16(2,3)4/h5,7,12,15H,6,8H2,1-4H3,(H,18,19)(H,20,21)/t12-,15-/m1/s1. The van der Waals surface area contributed by atoms with E-state index in [-0.39, 0.29) is 23.4 Å². The van der Waals surface area contributed by atoms with Gasteiger partial charge in [-0.25, -0.2) is 4.98 Å². The first kappa shape index (κ1) is 15.3. The Morgan fingerprint density at radius 1 is 1.43 bits per heavy atom. The van der Waals surface area contributed by atoms with Gasteiger partial charge in [0.05, 0.1) is 17.3 Å². The van der Waals surface area contributed by atoms with Crippen LogP contribution < -0.4 is 10.6 Å². The number of amides is 1. The maximum atomic E-state index is 11.7. The van der Waals surface area contributed by atoms with Gasteiger partial charge in [0, 0.05) is 12.5 Å². The number of pyridine rings is 1. The van der Waals surface area contributed by atoms with E-state index in [1.807, 2.05) is 13.0 Å². The average molecular weight is 286 g/mol. The van der Waals surface area contributed by atoms with Crippen molar-refractivity contribution in [2.45, 2.75) is 52.6 Å². The van der Waals surface area contributed by atoms with Crippen molar-refractivity contribution in [3.05, 3.63) is 23.4 Å². The summed E-state index contributed by atoms with van der Waals surface area (Å²) in [5.74, 6) is 0.860. The molecule has 1 amide bonds. The van der Waals surface area contributed by atoms with Crippen LogP contribution in [0.25, 0.3) is 0 Å². The summed E-state index contributed by atoms with van der Waals surface area (Å²) in [5, 5.41) is 15.4. The van der Waals surface area contributed by atoms with Gasteiger partial charge in [0.2, 0.25) is 5.91 Å². The first-order valence-corrected chi connectivity index (χ1v) is 7.25. The van der Waals surface area contributed by atoms with Crippen LogP contribution in [0.2, 0.25) is 0 Å². The number of anilines is 1. The molecule has 112 valence electrons. The largest absolute Gasteiger partial charge is 0.365 e. The number of carbonyl (C=O) groups excluding carboxylic acids is 1. The Morgan fingerprint density at radius 2 is 2.14 bits per heavy atom. The van der Waals surface area contributed by atoms with Gasteiger partial charge in [-0.3, -0.25) is 4.79 Å². The predicted molar refractivity (Wildman–Crippen MR) is 81.7 cm³/mol. The molecule has 2 atom stereocenters. The van der Waals surface area contributed by atoms with Crippen LogP contribution in [0.15, 0.2) is 12.1 Å². The maximum absolute atomic E-state index is 11.7. The first-order chi connectivity index (χ1) is 9.81. The van der Waals surface area contributed by atoms with Crippen molar-refractivity contribution in [2.24, 2.45) is 5.41 Å². The fraction of sp³-hybridized carbons (Fsp3) is 0.562. The Kier molecular flexibility index (Phi) is 4.17. The van der Waals surface area contributed by atoms with Crippen molar-refractivity contribution in [1.82, 2.24) is 10.3 Å². The molecule has 1 aromatic heterocycles. The third-order valence-corrected chi connectivity index (χ3v) is 3.87. The van der Waals surface area contributed by atoms with Crippen LogP contribution in [0.3, 0.4) is 0 Å². The summed E-state index contributed by atoms with van der Waals surface area (Å²) in [6.45, 7) is 8.19. The first-order valence-electron chi connectivity index (χ1n) is 7.25. The van der Waals surface area contributed by atoms with Crippen LogP contribution >= 0.6 is 0 Å². The minimum absolute atomic E-state index is 0.0324. The Balaban J connectivity index is 2.19. The lowest BCUT2D eigenvalue weighted by atomic mass is 9.79. The molecular formula is C16H22N4O. The summed E-state index contributed by atoms with van der Waals surface area (Å²) in [4.78, 5) is 16.1. The fourth-order valence-corrected chi connectivity index (χ4v) is 2.72. The number of hydrogen-bond acceptors (Lipinski definition) is 4. The van der Waals surface area contributed by atoms with Crippen LogP contribution in [-0.4, -0.2) is 23.0 Å². The molecule has 0 radical (unpaired) electrons. The van der Waals surface area contributed by atoms with Gasteiger partial charge in [0.25, 0.3) is 0 Å². The van der Waals surface area contributed by atoms with E-state index in [4.69, 9.17) is 5.26 Å². The number of aryl methyl sites for hydroxylation is 1. The summed E-state index contributed by atoms with van der Waals surface area (Å²) >= 11 is 0. The summed E-state index contributed by atoms with van der Waals surface area (Å²) in [7, 11) is 0. The third-order valence-electron chi connectivity index (χ3n) is 3.87. The minimum Gasteiger partial charge on any atom is -0.365 e. The van der Waals surface area contributed by atoms with Gasteiger partial charge >= 0.3 is 0 Å². The molecule has 0 aromatic carbocycles. The summed E-state index contributed by atoms with van der Waals surface area (Å²) in [6.07, 6.45) is 1.31. The van der Waals surface area contributed by atoms with Crippen LogP contribution in [-0.2, 0) is 4.79 Å². The Labute approximate surface area is 125 Å². The van der Waals surface area contributed by atoms with Gasteiger partial charge in [0.15, 0.2) is 0 Å². The van der Waals surface area contributed by atoms with Crippen LogP contribution in [0.1, 0.15) is 44.9 Å². The molecule has 2 heterocycles. The van der Waals surface area contributed by atoms with Crippen molar-refractivity contribution in [2.75, 3.05) is 5.32 Å². The number of carbonyl (C=O) groups is 1. The van der Waals surface area contributed by atoms with E-state index in [1.165, 1.54) is 0 Å². The molecule has 2 N–H and O–H groups in total. The van der Waals surface area contributed by atoms with Crippen LogP contribution in [0.4, 0.5) is 5.82 Å². The van der Waals surface area contributed by atoms with Crippen molar-refractivity contribution < 1.29 is 4.79 Å². The number of rotatable bonds is 2. The second-order valence-electron chi connectivity index (χ2n) is 6.64. The number of piperidine rings is 1. The molecule has 21 heavy (non-hydrogen) atoms.